The lowest BCUT2D eigenvalue weighted by Crippen LogP contribution is -2.43. The van der Waals surface area contributed by atoms with Gasteiger partial charge in [-0.25, -0.2) is 0 Å². The van der Waals surface area contributed by atoms with E-state index in [0.29, 0.717) is 5.56 Å². The van der Waals surface area contributed by atoms with E-state index in [1.165, 1.54) is 5.56 Å². The molecule has 0 radical (unpaired) electrons. The topological polar surface area (TPSA) is 73.9 Å². The fraction of sp³-hybridized carbons (Fsp3) is 0.300. The molecule has 1 saturated carbocycles. The monoisotopic (exact) mass is 448 g/mol. The summed E-state index contributed by atoms with van der Waals surface area (Å²) in [7, 11) is 0. The summed E-state index contributed by atoms with van der Waals surface area (Å²) in [5.41, 5.74) is 2.72. The second-order valence-electron chi connectivity index (χ2n) is 9.08. The molecule has 1 aliphatic rings. The number of carbonyl (C=O) groups is 1. The Kier molecular flexibility index (Phi) is 7.09. The molecule has 3 atom stereocenters. The number of hydrogen-bond acceptors (Lipinski definition) is 4. The number of rotatable bonds is 6. The highest BCUT2D eigenvalue weighted by atomic mass is 16.5. The zero-order chi connectivity index (χ0) is 24.0. The summed E-state index contributed by atoms with van der Waals surface area (Å²) in [6, 6.07) is 31.8. The normalized spacial score (nSPS) is 19.4. The molecule has 0 amide bonds. The van der Waals surface area contributed by atoms with Gasteiger partial charge in [0.1, 0.15) is 11.5 Å². The van der Waals surface area contributed by atoms with Gasteiger partial charge in [0.2, 0.25) is 0 Å². The van der Waals surface area contributed by atoms with E-state index in [-0.39, 0.29) is 12.0 Å². The first-order valence-corrected chi connectivity index (χ1v) is 11.8. The minimum absolute atomic E-state index is 0.0881. The zero-order valence-electron chi connectivity index (χ0n) is 19.4. The Morgan fingerprint density at radius 3 is 2.03 bits per heavy atom. The van der Waals surface area contributed by atoms with Crippen LogP contribution in [0, 0.1) is 28.6 Å². The molecule has 0 aromatic heterocycles. The molecule has 34 heavy (non-hydrogen) atoms. The predicted octanol–water partition coefficient (Wildman–Crippen LogP) is 6.54. The van der Waals surface area contributed by atoms with Crippen LogP contribution in [-0.4, -0.2) is 12.1 Å². The van der Waals surface area contributed by atoms with Crippen molar-refractivity contribution in [1.29, 1.82) is 10.5 Å². The lowest BCUT2D eigenvalue weighted by molar-refractivity contribution is -0.159. The largest absolute Gasteiger partial charge is 0.461 e. The van der Waals surface area contributed by atoms with Crippen LogP contribution in [0.1, 0.15) is 49.7 Å². The van der Waals surface area contributed by atoms with Crippen molar-refractivity contribution in [2.45, 2.75) is 50.0 Å². The molecule has 4 rings (SSSR count). The van der Waals surface area contributed by atoms with Crippen LogP contribution in [0.15, 0.2) is 84.9 Å². The van der Waals surface area contributed by atoms with Crippen LogP contribution >= 0.6 is 0 Å². The van der Waals surface area contributed by atoms with Crippen LogP contribution in [0.4, 0.5) is 0 Å². The maximum absolute atomic E-state index is 13.6. The molecule has 4 nitrogen and oxygen atoms in total. The fourth-order valence-corrected chi connectivity index (χ4v) is 4.91. The molecular formula is C30H28N2O2. The quantitative estimate of drug-likeness (QED) is 0.401. The number of carbonyl (C=O) groups excluding carboxylic acids is 1. The summed E-state index contributed by atoms with van der Waals surface area (Å²) in [4.78, 5) is 13.6. The molecule has 4 heteroatoms. The van der Waals surface area contributed by atoms with E-state index in [9.17, 15) is 15.3 Å². The summed E-state index contributed by atoms with van der Waals surface area (Å²) in [6.07, 6.45) is 3.48. The van der Waals surface area contributed by atoms with Crippen molar-refractivity contribution in [2.75, 3.05) is 0 Å². The van der Waals surface area contributed by atoms with Gasteiger partial charge in [-0.15, -0.1) is 0 Å². The Morgan fingerprint density at radius 2 is 1.41 bits per heavy atom. The van der Waals surface area contributed by atoms with E-state index in [2.05, 4.69) is 36.4 Å². The van der Waals surface area contributed by atoms with E-state index in [0.717, 1.165) is 36.8 Å². The van der Waals surface area contributed by atoms with Crippen LogP contribution in [0.25, 0.3) is 11.1 Å². The van der Waals surface area contributed by atoms with Crippen molar-refractivity contribution < 1.29 is 9.53 Å². The first kappa shape index (κ1) is 23.3. The number of benzene rings is 3. The van der Waals surface area contributed by atoms with Crippen molar-refractivity contribution in [2.24, 2.45) is 5.92 Å². The van der Waals surface area contributed by atoms with Crippen molar-refractivity contribution >= 4 is 5.97 Å². The smallest absolute Gasteiger partial charge is 0.319 e. The Balaban J connectivity index is 1.59. The highest BCUT2D eigenvalue weighted by Crippen LogP contribution is 2.39. The standard InChI is InChI=1S/C30H28N2O2/c1-30(26(20-31)21-32,25-12-6-3-7-13-25)29(33)34-28-15-9-8-14-27(28)24-18-16-23(17-19-24)22-10-4-2-5-11-22/h2-7,10-13,16-19,26-28H,8-9,14-15H2,1H3/t27-,28+,30-/m0/s1. The average molecular weight is 449 g/mol. The van der Waals surface area contributed by atoms with Gasteiger partial charge >= 0.3 is 5.97 Å². The molecule has 3 aromatic rings. The second-order valence-corrected chi connectivity index (χ2v) is 9.08. The summed E-state index contributed by atoms with van der Waals surface area (Å²) < 4.78 is 6.14. The molecule has 0 N–H and O–H groups in total. The van der Waals surface area contributed by atoms with Gasteiger partial charge in [0.05, 0.1) is 12.1 Å². The van der Waals surface area contributed by atoms with E-state index in [4.69, 9.17) is 4.74 Å². The maximum atomic E-state index is 13.6. The average Bonchev–Trinajstić information content (AvgIpc) is 2.90. The minimum atomic E-state index is -1.36. The first-order chi connectivity index (χ1) is 16.6. The molecular weight excluding hydrogens is 420 g/mol. The second kappa shape index (κ2) is 10.4. The minimum Gasteiger partial charge on any atom is -0.461 e. The number of ether oxygens (including phenoxy) is 1. The van der Waals surface area contributed by atoms with E-state index in [1.54, 1.807) is 19.1 Å². The van der Waals surface area contributed by atoms with Gasteiger partial charge in [-0.3, -0.25) is 4.79 Å². The zero-order valence-corrected chi connectivity index (χ0v) is 19.4. The summed E-state index contributed by atoms with van der Waals surface area (Å²) >= 11 is 0. The maximum Gasteiger partial charge on any atom is 0.319 e. The van der Waals surface area contributed by atoms with E-state index >= 15 is 0 Å². The molecule has 0 heterocycles. The summed E-state index contributed by atoms with van der Waals surface area (Å²) in [5.74, 6) is -1.57. The summed E-state index contributed by atoms with van der Waals surface area (Å²) in [6.45, 7) is 1.65. The van der Waals surface area contributed by atoms with E-state index in [1.807, 2.05) is 48.5 Å². The summed E-state index contributed by atoms with van der Waals surface area (Å²) in [5, 5.41) is 19.3. The Bertz CT molecular complexity index is 1180. The van der Waals surface area contributed by atoms with Crippen molar-refractivity contribution in [3.05, 3.63) is 96.1 Å². The van der Waals surface area contributed by atoms with Crippen LogP contribution in [-0.2, 0) is 14.9 Å². The van der Waals surface area contributed by atoms with Crippen molar-refractivity contribution in [1.82, 2.24) is 0 Å². The number of nitriles is 2. The number of esters is 1. The van der Waals surface area contributed by atoms with Gasteiger partial charge in [-0.1, -0.05) is 91.3 Å². The highest BCUT2D eigenvalue weighted by molar-refractivity contribution is 5.84. The Morgan fingerprint density at radius 1 is 0.853 bits per heavy atom. The molecule has 170 valence electrons. The highest BCUT2D eigenvalue weighted by Gasteiger charge is 2.47. The number of hydrogen-bond donors (Lipinski definition) is 0. The van der Waals surface area contributed by atoms with Gasteiger partial charge in [0, 0.05) is 5.92 Å². The van der Waals surface area contributed by atoms with Gasteiger partial charge < -0.3 is 4.74 Å². The van der Waals surface area contributed by atoms with E-state index < -0.39 is 17.3 Å². The first-order valence-electron chi connectivity index (χ1n) is 11.8. The molecule has 0 aliphatic heterocycles. The molecule has 0 saturated heterocycles. The fourth-order valence-electron chi connectivity index (χ4n) is 4.91. The molecule has 0 unspecified atom stereocenters. The Labute approximate surface area is 201 Å². The van der Waals surface area contributed by atoms with Crippen LogP contribution in [0.3, 0.4) is 0 Å². The molecule has 1 fully saturated rings. The lowest BCUT2D eigenvalue weighted by Gasteiger charge is -2.36. The van der Waals surface area contributed by atoms with Crippen LogP contribution in [0.5, 0.6) is 0 Å². The van der Waals surface area contributed by atoms with Gasteiger partial charge in [-0.05, 0) is 48.4 Å². The molecule has 1 aliphatic carbocycles. The van der Waals surface area contributed by atoms with Gasteiger partial charge in [-0.2, -0.15) is 10.5 Å². The lowest BCUT2D eigenvalue weighted by atomic mass is 9.72. The molecule has 0 bridgehead atoms. The van der Waals surface area contributed by atoms with Gasteiger partial charge in [0.25, 0.3) is 0 Å². The van der Waals surface area contributed by atoms with Crippen molar-refractivity contribution in [3.8, 4) is 23.3 Å². The third kappa shape index (κ3) is 4.59. The number of nitrogens with zero attached hydrogens (tertiary/aromatic N) is 2. The Hall–Kier alpha value is -3.89. The third-order valence-electron chi connectivity index (χ3n) is 7.04. The van der Waals surface area contributed by atoms with Crippen molar-refractivity contribution in [3.63, 3.8) is 0 Å². The third-order valence-corrected chi connectivity index (χ3v) is 7.04. The van der Waals surface area contributed by atoms with Crippen LogP contribution < -0.4 is 0 Å². The SMILES string of the molecule is C[C@](C(=O)O[C@@H]1CCCC[C@H]1c1ccc(-c2ccccc2)cc1)(c1ccccc1)C(C#N)C#N. The predicted molar refractivity (Wildman–Crippen MR) is 131 cm³/mol. The molecule has 0 spiro atoms. The van der Waals surface area contributed by atoms with Gasteiger partial charge in [0.15, 0.2) is 5.92 Å². The van der Waals surface area contributed by atoms with Crippen LogP contribution in [0.2, 0.25) is 0 Å². The molecule has 3 aromatic carbocycles.